The number of fused-ring (bicyclic) bond motifs is 2. The predicted octanol–water partition coefficient (Wildman–Crippen LogP) is 2.61. The van der Waals surface area contributed by atoms with Crippen LogP contribution in [0.5, 0.6) is 0 Å². The van der Waals surface area contributed by atoms with Gasteiger partial charge in [0, 0.05) is 28.4 Å². The van der Waals surface area contributed by atoms with Crippen molar-refractivity contribution in [3.05, 3.63) is 35.8 Å². The van der Waals surface area contributed by atoms with Crippen LogP contribution >= 0.6 is 0 Å². The fourth-order valence-corrected chi connectivity index (χ4v) is 2.56. The summed E-state index contributed by atoms with van der Waals surface area (Å²) in [6.45, 7) is 1.93. The van der Waals surface area contributed by atoms with Crippen LogP contribution in [0.25, 0.3) is 21.9 Å². The number of aryl methyl sites for hydroxylation is 1. The van der Waals surface area contributed by atoms with E-state index in [0.717, 1.165) is 16.3 Å². The van der Waals surface area contributed by atoms with E-state index in [1.54, 1.807) is 18.6 Å². The number of hydrogen-bond donors (Lipinski definition) is 2. The van der Waals surface area contributed by atoms with E-state index < -0.39 is 11.9 Å². The van der Waals surface area contributed by atoms with Crippen molar-refractivity contribution in [3.63, 3.8) is 0 Å². The van der Waals surface area contributed by atoms with Crippen molar-refractivity contribution in [1.82, 2.24) is 0 Å². The van der Waals surface area contributed by atoms with E-state index in [9.17, 15) is 9.90 Å². The number of carbonyl (C=O) groups is 1. The van der Waals surface area contributed by atoms with Gasteiger partial charge in [0.1, 0.15) is 11.2 Å². The molecule has 0 fully saturated rings. The number of carboxylic acid groups (broad SMARTS) is 1. The Morgan fingerprint density at radius 2 is 1.89 bits per heavy atom. The molecular formula is C14H13NO4. The van der Waals surface area contributed by atoms with Gasteiger partial charge in [-0.15, -0.1) is 0 Å². The van der Waals surface area contributed by atoms with Crippen LogP contribution in [-0.2, 0) is 4.79 Å². The largest absolute Gasteiger partial charge is 0.481 e. The van der Waals surface area contributed by atoms with Gasteiger partial charge in [-0.2, -0.15) is 0 Å². The first-order chi connectivity index (χ1) is 9.15. The maximum Gasteiger partial charge on any atom is 0.312 e. The molecule has 98 valence electrons. The molecule has 1 unspecified atom stereocenters. The molecule has 0 spiro atoms. The molecule has 3 aromatic rings. The summed E-state index contributed by atoms with van der Waals surface area (Å²) in [5, 5.41) is 10.9. The zero-order valence-electron chi connectivity index (χ0n) is 10.3. The summed E-state index contributed by atoms with van der Waals surface area (Å²) >= 11 is 0. The lowest BCUT2D eigenvalue weighted by molar-refractivity contribution is -0.138. The molecule has 5 nitrogen and oxygen atoms in total. The van der Waals surface area contributed by atoms with E-state index in [1.165, 1.54) is 0 Å². The van der Waals surface area contributed by atoms with Crippen molar-refractivity contribution < 1.29 is 18.7 Å². The number of carboxylic acids is 1. The molecule has 1 aromatic carbocycles. The molecular weight excluding hydrogens is 246 g/mol. The SMILES string of the molecule is Cc1c2ccoc2c(C(CN)C(=O)O)c2ccoc12. The molecule has 5 heteroatoms. The Balaban J connectivity index is 2.48. The number of nitrogens with two attached hydrogens (primary N) is 1. The van der Waals surface area contributed by atoms with Gasteiger partial charge in [0.05, 0.1) is 18.4 Å². The van der Waals surface area contributed by atoms with Gasteiger partial charge in [-0.3, -0.25) is 4.79 Å². The van der Waals surface area contributed by atoms with Crippen molar-refractivity contribution in [1.29, 1.82) is 0 Å². The molecule has 3 N–H and O–H groups in total. The number of benzene rings is 1. The Labute approximate surface area is 108 Å². The van der Waals surface area contributed by atoms with Crippen molar-refractivity contribution in [2.75, 3.05) is 6.54 Å². The van der Waals surface area contributed by atoms with E-state index in [2.05, 4.69) is 0 Å². The number of hydrogen-bond acceptors (Lipinski definition) is 4. The molecule has 0 radical (unpaired) electrons. The van der Waals surface area contributed by atoms with Crippen LogP contribution in [-0.4, -0.2) is 17.6 Å². The Bertz CT molecular complexity index is 717. The first-order valence-electron chi connectivity index (χ1n) is 5.95. The van der Waals surface area contributed by atoms with E-state index in [4.69, 9.17) is 14.6 Å². The molecule has 0 bridgehead atoms. The third-order valence-electron chi connectivity index (χ3n) is 3.49. The second kappa shape index (κ2) is 4.13. The average molecular weight is 259 g/mol. The summed E-state index contributed by atoms with van der Waals surface area (Å²) in [6, 6.07) is 3.57. The van der Waals surface area contributed by atoms with Crippen LogP contribution in [0.1, 0.15) is 17.0 Å². The molecule has 2 aromatic heterocycles. The molecule has 0 aliphatic heterocycles. The minimum absolute atomic E-state index is 0.00841. The van der Waals surface area contributed by atoms with Gasteiger partial charge in [0.25, 0.3) is 0 Å². The zero-order chi connectivity index (χ0) is 13.6. The summed E-state index contributed by atoms with van der Waals surface area (Å²) in [5.41, 5.74) is 8.39. The smallest absolute Gasteiger partial charge is 0.312 e. The Kier molecular flexibility index (Phi) is 2.57. The van der Waals surface area contributed by atoms with E-state index >= 15 is 0 Å². The topological polar surface area (TPSA) is 89.6 Å². The van der Waals surface area contributed by atoms with Crippen LogP contribution < -0.4 is 5.73 Å². The lowest BCUT2D eigenvalue weighted by Crippen LogP contribution is -2.21. The first-order valence-corrected chi connectivity index (χ1v) is 5.95. The van der Waals surface area contributed by atoms with Crippen molar-refractivity contribution >= 4 is 27.9 Å². The highest BCUT2D eigenvalue weighted by molar-refractivity contribution is 6.04. The van der Waals surface area contributed by atoms with Crippen LogP contribution in [0.4, 0.5) is 0 Å². The fourth-order valence-electron chi connectivity index (χ4n) is 2.56. The molecule has 19 heavy (non-hydrogen) atoms. The lowest BCUT2D eigenvalue weighted by Gasteiger charge is -2.13. The monoisotopic (exact) mass is 259 g/mol. The van der Waals surface area contributed by atoms with Gasteiger partial charge < -0.3 is 19.7 Å². The number of rotatable bonds is 3. The molecule has 0 aliphatic carbocycles. The summed E-state index contributed by atoms with van der Waals surface area (Å²) in [7, 11) is 0. The Morgan fingerprint density at radius 3 is 2.53 bits per heavy atom. The van der Waals surface area contributed by atoms with Crippen molar-refractivity contribution in [3.8, 4) is 0 Å². The average Bonchev–Trinajstić information content (AvgIpc) is 3.02. The molecule has 0 aliphatic rings. The molecule has 3 rings (SSSR count). The second-order valence-corrected chi connectivity index (χ2v) is 4.49. The predicted molar refractivity (Wildman–Crippen MR) is 70.2 cm³/mol. The van der Waals surface area contributed by atoms with E-state index in [-0.39, 0.29) is 6.54 Å². The highest BCUT2D eigenvalue weighted by Gasteiger charge is 2.27. The van der Waals surface area contributed by atoms with E-state index in [0.29, 0.717) is 16.7 Å². The van der Waals surface area contributed by atoms with Crippen molar-refractivity contribution in [2.45, 2.75) is 12.8 Å². The second-order valence-electron chi connectivity index (χ2n) is 4.49. The highest BCUT2D eigenvalue weighted by Crippen LogP contribution is 2.37. The highest BCUT2D eigenvalue weighted by atomic mass is 16.4. The molecule has 2 heterocycles. The van der Waals surface area contributed by atoms with Crippen molar-refractivity contribution in [2.24, 2.45) is 5.73 Å². The van der Waals surface area contributed by atoms with Gasteiger partial charge in [-0.25, -0.2) is 0 Å². The Hall–Kier alpha value is -2.27. The summed E-state index contributed by atoms with van der Waals surface area (Å²) in [6.07, 6.45) is 3.10. The van der Waals surface area contributed by atoms with Crippen LogP contribution in [0.2, 0.25) is 0 Å². The maximum absolute atomic E-state index is 11.4. The zero-order valence-corrected chi connectivity index (χ0v) is 10.3. The van der Waals surface area contributed by atoms with Gasteiger partial charge in [-0.05, 0) is 19.1 Å². The third-order valence-corrected chi connectivity index (χ3v) is 3.49. The van der Waals surface area contributed by atoms with Crippen LogP contribution in [0, 0.1) is 6.92 Å². The van der Waals surface area contributed by atoms with Crippen LogP contribution in [0.3, 0.4) is 0 Å². The van der Waals surface area contributed by atoms with Gasteiger partial charge in [0.2, 0.25) is 0 Å². The Morgan fingerprint density at radius 1 is 1.26 bits per heavy atom. The quantitative estimate of drug-likeness (QED) is 0.754. The van der Waals surface area contributed by atoms with Gasteiger partial charge in [0.15, 0.2) is 0 Å². The first kappa shape index (κ1) is 11.8. The molecule has 1 atom stereocenters. The number of furan rings is 2. The van der Waals surface area contributed by atoms with E-state index in [1.807, 2.05) is 13.0 Å². The lowest BCUT2D eigenvalue weighted by atomic mass is 9.92. The summed E-state index contributed by atoms with van der Waals surface area (Å²) in [5.74, 6) is -1.78. The van der Waals surface area contributed by atoms with Gasteiger partial charge >= 0.3 is 5.97 Å². The van der Waals surface area contributed by atoms with Gasteiger partial charge in [-0.1, -0.05) is 0 Å². The maximum atomic E-state index is 11.4. The molecule has 0 saturated carbocycles. The fraction of sp³-hybridized carbons (Fsp3) is 0.214. The third kappa shape index (κ3) is 1.55. The standard InChI is InChI=1S/C14H13NO4/c1-7-8-2-4-19-13(8)11(10(6-15)14(16)17)9-3-5-18-12(7)9/h2-5,10H,6,15H2,1H3,(H,16,17). The molecule has 0 saturated heterocycles. The summed E-state index contributed by atoms with van der Waals surface area (Å²) in [4.78, 5) is 11.4. The minimum Gasteiger partial charge on any atom is -0.481 e. The normalized spacial score (nSPS) is 13.2. The molecule has 0 amide bonds. The van der Waals surface area contributed by atoms with Crippen LogP contribution in [0.15, 0.2) is 33.5 Å². The summed E-state index contributed by atoms with van der Waals surface area (Å²) < 4.78 is 10.9. The number of aliphatic carboxylic acids is 1. The minimum atomic E-state index is -0.966.